The maximum Gasteiger partial charge on any atom is 0.163 e. The van der Waals surface area contributed by atoms with E-state index in [2.05, 4.69) is 0 Å². The molecule has 0 aliphatic rings. The lowest BCUT2D eigenvalue weighted by Gasteiger charge is -2.12. The van der Waals surface area contributed by atoms with Crippen LogP contribution in [-0.2, 0) is 9.47 Å². The molecule has 106 valence electrons. The first-order valence-electron chi connectivity index (χ1n) is 6.07. The molecule has 1 rings (SSSR count). The Hall–Kier alpha value is -1.59. The summed E-state index contributed by atoms with van der Waals surface area (Å²) in [5.41, 5.74) is 0.537. The average molecular weight is 268 g/mol. The number of rotatable bonds is 9. The van der Waals surface area contributed by atoms with Gasteiger partial charge in [0, 0.05) is 20.3 Å². The summed E-state index contributed by atoms with van der Waals surface area (Å²) in [6, 6.07) is 5.16. The molecule has 0 saturated heterocycles. The molecule has 0 heterocycles. The van der Waals surface area contributed by atoms with Gasteiger partial charge in [0.15, 0.2) is 5.78 Å². The highest BCUT2D eigenvalue weighted by molar-refractivity contribution is 5.97. The van der Waals surface area contributed by atoms with Crippen LogP contribution in [0.4, 0.5) is 0 Å². The minimum atomic E-state index is -0.0455. The maximum absolute atomic E-state index is 11.5. The fourth-order valence-electron chi connectivity index (χ4n) is 1.48. The standard InChI is InChI=1S/C14H20O5/c1-11(15)13-5-4-12(18-8-6-16-2)10-14(13)19-9-7-17-3/h4-5,10H,6-9H2,1-3H3. The number of carbonyl (C=O) groups excluding carboxylic acids is 1. The zero-order chi connectivity index (χ0) is 14.1. The smallest absolute Gasteiger partial charge is 0.163 e. The first-order chi connectivity index (χ1) is 9.19. The second kappa shape index (κ2) is 8.50. The number of benzene rings is 1. The number of methoxy groups -OCH3 is 2. The summed E-state index contributed by atoms with van der Waals surface area (Å²) in [5.74, 6) is 1.12. The second-order valence-corrected chi connectivity index (χ2v) is 3.90. The van der Waals surface area contributed by atoms with Crippen molar-refractivity contribution in [1.82, 2.24) is 0 Å². The fourth-order valence-corrected chi connectivity index (χ4v) is 1.48. The molecule has 0 unspecified atom stereocenters. The first-order valence-corrected chi connectivity index (χ1v) is 6.07. The van der Waals surface area contributed by atoms with Crippen LogP contribution in [0.15, 0.2) is 18.2 Å². The molecule has 19 heavy (non-hydrogen) atoms. The predicted molar refractivity (Wildman–Crippen MR) is 71.2 cm³/mol. The van der Waals surface area contributed by atoms with Crippen molar-refractivity contribution in [1.29, 1.82) is 0 Å². The molecule has 0 aliphatic heterocycles. The van der Waals surface area contributed by atoms with E-state index >= 15 is 0 Å². The van der Waals surface area contributed by atoms with Gasteiger partial charge in [-0.3, -0.25) is 4.79 Å². The largest absolute Gasteiger partial charge is 0.491 e. The molecule has 0 amide bonds. The summed E-state index contributed by atoms with van der Waals surface area (Å²) in [5, 5.41) is 0. The van der Waals surface area contributed by atoms with Gasteiger partial charge in [0.1, 0.15) is 24.7 Å². The van der Waals surface area contributed by atoms with Gasteiger partial charge < -0.3 is 18.9 Å². The lowest BCUT2D eigenvalue weighted by molar-refractivity contribution is 0.100. The van der Waals surface area contributed by atoms with E-state index in [1.165, 1.54) is 6.92 Å². The van der Waals surface area contributed by atoms with Gasteiger partial charge in [0.05, 0.1) is 18.8 Å². The predicted octanol–water partition coefficient (Wildman–Crippen LogP) is 1.94. The molecule has 0 N–H and O–H groups in total. The molecule has 0 spiro atoms. The van der Waals surface area contributed by atoms with E-state index in [1.807, 2.05) is 0 Å². The molecule has 1 aromatic carbocycles. The van der Waals surface area contributed by atoms with Crippen molar-refractivity contribution in [3.63, 3.8) is 0 Å². The van der Waals surface area contributed by atoms with Gasteiger partial charge in [-0.05, 0) is 19.1 Å². The minimum absolute atomic E-state index is 0.0455. The van der Waals surface area contributed by atoms with Crippen LogP contribution in [-0.4, -0.2) is 46.4 Å². The lowest BCUT2D eigenvalue weighted by Crippen LogP contribution is -2.08. The van der Waals surface area contributed by atoms with E-state index in [0.29, 0.717) is 43.5 Å². The van der Waals surface area contributed by atoms with Crippen molar-refractivity contribution in [2.45, 2.75) is 6.92 Å². The van der Waals surface area contributed by atoms with E-state index in [1.54, 1.807) is 32.4 Å². The normalized spacial score (nSPS) is 10.3. The second-order valence-electron chi connectivity index (χ2n) is 3.90. The van der Waals surface area contributed by atoms with Gasteiger partial charge >= 0.3 is 0 Å². The summed E-state index contributed by atoms with van der Waals surface area (Å²) in [6.07, 6.45) is 0. The number of hydrogen-bond acceptors (Lipinski definition) is 5. The summed E-state index contributed by atoms with van der Waals surface area (Å²) < 4.78 is 20.8. The Morgan fingerprint density at radius 1 is 1.00 bits per heavy atom. The lowest BCUT2D eigenvalue weighted by atomic mass is 10.1. The number of ketones is 1. The van der Waals surface area contributed by atoms with Gasteiger partial charge in [-0.25, -0.2) is 0 Å². The highest BCUT2D eigenvalue weighted by Gasteiger charge is 2.10. The van der Waals surface area contributed by atoms with Gasteiger partial charge in [-0.15, -0.1) is 0 Å². The van der Waals surface area contributed by atoms with Gasteiger partial charge in [0.25, 0.3) is 0 Å². The molecule has 0 saturated carbocycles. The molecule has 0 atom stereocenters. The van der Waals surface area contributed by atoms with Crippen LogP contribution in [0.1, 0.15) is 17.3 Å². The van der Waals surface area contributed by atoms with Crippen molar-refractivity contribution in [3.05, 3.63) is 23.8 Å². The Balaban J connectivity index is 2.75. The molecule has 0 aliphatic carbocycles. The maximum atomic E-state index is 11.5. The van der Waals surface area contributed by atoms with Gasteiger partial charge in [-0.1, -0.05) is 0 Å². The van der Waals surface area contributed by atoms with E-state index < -0.39 is 0 Å². The van der Waals surface area contributed by atoms with Gasteiger partial charge in [-0.2, -0.15) is 0 Å². The Bertz CT molecular complexity index is 403. The Kier molecular flexibility index (Phi) is 6.92. The quantitative estimate of drug-likeness (QED) is 0.506. The van der Waals surface area contributed by atoms with E-state index in [-0.39, 0.29) is 5.78 Å². The molecular formula is C14H20O5. The zero-order valence-corrected chi connectivity index (χ0v) is 11.6. The highest BCUT2D eigenvalue weighted by Crippen LogP contribution is 2.25. The zero-order valence-electron chi connectivity index (χ0n) is 11.6. The fraction of sp³-hybridized carbons (Fsp3) is 0.500. The summed E-state index contributed by atoms with van der Waals surface area (Å²) in [7, 11) is 3.21. The van der Waals surface area contributed by atoms with Gasteiger partial charge in [0.2, 0.25) is 0 Å². The van der Waals surface area contributed by atoms with E-state index in [9.17, 15) is 4.79 Å². The number of Topliss-reactive ketones (excluding diaryl/α,β-unsaturated/α-hetero) is 1. The van der Waals surface area contributed by atoms with E-state index in [0.717, 1.165) is 0 Å². The number of carbonyl (C=O) groups is 1. The summed E-state index contributed by atoms with van der Waals surface area (Å²) in [4.78, 5) is 11.5. The minimum Gasteiger partial charge on any atom is -0.491 e. The Morgan fingerprint density at radius 3 is 2.21 bits per heavy atom. The monoisotopic (exact) mass is 268 g/mol. The molecular weight excluding hydrogens is 248 g/mol. The Morgan fingerprint density at radius 2 is 1.63 bits per heavy atom. The first kappa shape index (κ1) is 15.5. The SMILES string of the molecule is COCCOc1ccc(C(C)=O)c(OCCOC)c1. The molecule has 1 aromatic rings. The average Bonchev–Trinajstić information content (AvgIpc) is 2.39. The topological polar surface area (TPSA) is 54.0 Å². The van der Waals surface area contributed by atoms with Crippen molar-refractivity contribution < 1.29 is 23.7 Å². The third-order valence-electron chi connectivity index (χ3n) is 2.43. The number of ether oxygens (including phenoxy) is 4. The Labute approximate surface area is 113 Å². The van der Waals surface area contributed by atoms with Crippen LogP contribution in [0.5, 0.6) is 11.5 Å². The molecule has 0 bridgehead atoms. The molecule has 0 radical (unpaired) electrons. The molecule has 5 nitrogen and oxygen atoms in total. The van der Waals surface area contributed by atoms with Crippen molar-refractivity contribution in [2.75, 3.05) is 40.6 Å². The summed E-state index contributed by atoms with van der Waals surface area (Å²) >= 11 is 0. The van der Waals surface area contributed by atoms with Crippen LogP contribution in [0.25, 0.3) is 0 Å². The highest BCUT2D eigenvalue weighted by atomic mass is 16.5. The van der Waals surface area contributed by atoms with Crippen molar-refractivity contribution >= 4 is 5.78 Å². The van der Waals surface area contributed by atoms with Crippen LogP contribution in [0, 0.1) is 0 Å². The molecule has 0 fully saturated rings. The van der Waals surface area contributed by atoms with Crippen LogP contribution >= 0.6 is 0 Å². The van der Waals surface area contributed by atoms with Crippen LogP contribution < -0.4 is 9.47 Å². The van der Waals surface area contributed by atoms with Crippen LogP contribution in [0.2, 0.25) is 0 Å². The summed E-state index contributed by atoms with van der Waals surface area (Å²) in [6.45, 7) is 3.32. The van der Waals surface area contributed by atoms with Crippen molar-refractivity contribution in [2.24, 2.45) is 0 Å². The number of hydrogen-bond donors (Lipinski definition) is 0. The van der Waals surface area contributed by atoms with Crippen molar-refractivity contribution in [3.8, 4) is 11.5 Å². The van der Waals surface area contributed by atoms with Crippen LogP contribution in [0.3, 0.4) is 0 Å². The van der Waals surface area contributed by atoms with E-state index in [4.69, 9.17) is 18.9 Å². The molecule has 5 heteroatoms. The third-order valence-corrected chi connectivity index (χ3v) is 2.43. The molecule has 0 aromatic heterocycles. The third kappa shape index (κ3) is 5.28.